The number of H-pyrrole nitrogens is 1. The highest BCUT2D eigenvalue weighted by Gasteiger charge is 2.29. The van der Waals surface area contributed by atoms with E-state index in [9.17, 15) is 9.90 Å². The summed E-state index contributed by atoms with van der Waals surface area (Å²) >= 11 is 0. The fraction of sp³-hybridized carbons (Fsp3) is 0.800. The lowest BCUT2D eigenvalue weighted by atomic mass is 9.94. The predicted octanol–water partition coefficient (Wildman–Crippen LogP) is 1.87. The van der Waals surface area contributed by atoms with Gasteiger partial charge >= 0.3 is 0 Å². The molecule has 118 valence electrons. The summed E-state index contributed by atoms with van der Waals surface area (Å²) in [5.41, 5.74) is -0.168. The minimum atomic E-state index is -0.178. The van der Waals surface area contributed by atoms with Crippen LogP contribution in [0.3, 0.4) is 0 Å². The monoisotopic (exact) mass is 294 g/mol. The quantitative estimate of drug-likeness (QED) is 0.888. The third-order valence-corrected chi connectivity index (χ3v) is 4.00. The molecule has 0 atom stereocenters. The van der Waals surface area contributed by atoms with Gasteiger partial charge in [0, 0.05) is 18.0 Å². The average molecular weight is 294 g/mol. The van der Waals surface area contributed by atoms with E-state index in [0.29, 0.717) is 12.4 Å². The summed E-state index contributed by atoms with van der Waals surface area (Å²) in [4.78, 5) is 18.7. The van der Waals surface area contributed by atoms with Gasteiger partial charge in [-0.25, -0.2) is 4.98 Å². The molecule has 0 bridgehead atoms. The molecule has 1 aliphatic carbocycles. The molecule has 1 amide bonds. The summed E-state index contributed by atoms with van der Waals surface area (Å²) in [7, 11) is 0. The first-order valence-electron chi connectivity index (χ1n) is 7.78. The van der Waals surface area contributed by atoms with Gasteiger partial charge in [0.05, 0.1) is 6.61 Å². The summed E-state index contributed by atoms with van der Waals surface area (Å²) < 4.78 is 0. The standard InChI is InChI=1S/C15H26N4O2/c1-15(2,3)14-16-12(17-18-14)13(21)19(9-10-20)11-7-5-4-6-8-11/h11,20H,4-10H2,1-3H3,(H,16,17,18). The molecule has 0 aliphatic heterocycles. The van der Waals surface area contributed by atoms with E-state index in [2.05, 4.69) is 15.2 Å². The molecular formula is C15H26N4O2. The Morgan fingerprint density at radius 2 is 2.00 bits per heavy atom. The van der Waals surface area contributed by atoms with Gasteiger partial charge in [0.25, 0.3) is 5.91 Å². The van der Waals surface area contributed by atoms with E-state index in [0.717, 1.165) is 25.7 Å². The van der Waals surface area contributed by atoms with E-state index in [1.165, 1.54) is 6.42 Å². The number of carbonyl (C=O) groups is 1. The Morgan fingerprint density at radius 1 is 1.33 bits per heavy atom. The lowest BCUT2D eigenvalue weighted by Crippen LogP contribution is -2.43. The zero-order valence-electron chi connectivity index (χ0n) is 13.2. The van der Waals surface area contributed by atoms with Crippen molar-refractivity contribution < 1.29 is 9.90 Å². The van der Waals surface area contributed by atoms with Crippen molar-refractivity contribution in [1.82, 2.24) is 20.1 Å². The van der Waals surface area contributed by atoms with Crippen LogP contribution in [0.2, 0.25) is 0 Å². The van der Waals surface area contributed by atoms with Gasteiger partial charge in [0.2, 0.25) is 5.82 Å². The highest BCUT2D eigenvalue weighted by molar-refractivity contribution is 5.90. The molecule has 6 heteroatoms. The molecule has 1 fully saturated rings. The van der Waals surface area contributed by atoms with E-state index < -0.39 is 0 Å². The van der Waals surface area contributed by atoms with Crippen LogP contribution in [0.5, 0.6) is 0 Å². The molecule has 0 saturated heterocycles. The minimum Gasteiger partial charge on any atom is -0.395 e. The molecule has 2 N–H and O–H groups in total. The summed E-state index contributed by atoms with van der Waals surface area (Å²) in [6.45, 7) is 6.39. The molecule has 0 aromatic carbocycles. The second kappa shape index (κ2) is 6.56. The number of hydrogen-bond acceptors (Lipinski definition) is 4. The van der Waals surface area contributed by atoms with Gasteiger partial charge in [0.15, 0.2) is 0 Å². The van der Waals surface area contributed by atoms with Gasteiger partial charge in [-0.3, -0.25) is 9.89 Å². The molecular weight excluding hydrogens is 268 g/mol. The van der Waals surface area contributed by atoms with Crippen molar-refractivity contribution in [3.05, 3.63) is 11.6 Å². The number of rotatable bonds is 4. The first-order chi connectivity index (χ1) is 9.93. The normalized spacial score (nSPS) is 17.0. The van der Waals surface area contributed by atoms with Crippen LogP contribution in [0.1, 0.15) is 69.3 Å². The van der Waals surface area contributed by atoms with Crippen molar-refractivity contribution in [3.63, 3.8) is 0 Å². The van der Waals surface area contributed by atoms with Crippen molar-refractivity contribution in [2.45, 2.75) is 64.3 Å². The fourth-order valence-corrected chi connectivity index (χ4v) is 2.77. The first kappa shape index (κ1) is 15.9. The fourth-order valence-electron chi connectivity index (χ4n) is 2.77. The summed E-state index contributed by atoms with van der Waals surface area (Å²) in [5, 5.41) is 16.2. The molecule has 1 saturated carbocycles. The van der Waals surface area contributed by atoms with E-state index >= 15 is 0 Å². The Morgan fingerprint density at radius 3 is 2.52 bits per heavy atom. The van der Waals surface area contributed by atoms with Crippen LogP contribution in [0, 0.1) is 0 Å². The molecule has 1 aromatic rings. The Kier molecular flexibility index (Phi) is 4.98. The van der Waals surface area contributed by atoms with Crippen molar-refractivity contribution in [2.24, 2.45) is 0 Å². The zero-order valence-corrected chi connectivity index (χ0v) is 13.2. The Labute approximate surface area is 126 Å². The molecule has 21 heavy (non-hydrogen) atoms. The van der Waals surface area contributed by atoms with Crippen LogP contribution in [-0.4, -0.2) is 50.3 Å². The highest BCUT2D eigenvalue weighted by Crippen LogP contribution is 2.24. The molecule has 1 aromatic heterocycles. The van der Waals surface area contributed by atoms with Crippen LogP contribution in [0.25, 0.3) is 0 Å². The van der Waals surface area contributed by atoms with Crippen LogP contribution >= 0.6 is 0 Å². The number of hydrogen-bond donors (Lipinski definition) is 2. The Bertz CT molecular complexity index is 472. The largest absolute Gasteiger partial charge is 0.395 e. The van der Waals surface area contributed by atoms with E-state index in [-0.39, 0.29) is 29.8 Å². The average Bonchev–Trinajstić information content (AvgIpc) is 2.95. The van der Waals surface area contributed by atoms with Crippen molar-refractivity contribution in [3.8, 4) is 0 Å². The van der Waals surface area contributed by atoms with Crippen LogP contribution in [-0.2, 0) is 5.41 Å². The molecule has 6 nitrogen and oxygen atoms in total. The predicted molar refractivity (Wildman–Crippen MR) is 80.1 cm³/mol. The third-order valence-electron chi connectivity index (χ3n) is 4.00. The van der Waals surface area contributed by atoms with Crippen molar-refractivity contribution in [1.29, 1.82) is 0 Å². The SMILES string of the molecule is CC(C)(C)c1nc(C(=O)N(CCO)C2CCCCC2)n[nH]1. The number of aliphatic hydroxyl groups excluding tert-OH is 1. The molecule has 0 unspecified atom stereocenters. The highest BCUT2D eigenvalue weighted by atomic mass is 16.3. The molecule has 0 radical (unpaired) electrons. The summed E-state index contributed by atoms with van der Waals surface area (Å²) in [5.74, 6) is 0.736. The Hall–Kier alpha value is -1.43. The summed E-state index contributed by atoms with van der Waals surface area (Å²) in [6.07, 6.45) is 5.51. The maximum atomic E-state index is 12.6. The number of carbonyl (C=O) groups excluding carboxylic acids is 1. The van der Waals surface area contributed by atoms with Gasteiger partial charge in [-0.1, -0.05) is 40.0 Å². The number of aliphatic hydroxyl groups is 1. The topological polar surface area (TPSA) is 82.1 Å². The van der Waals surface area contributed by atoms with Crippen LogP contribution < -0.4 is 0 Å². The number of aromatic amines is 1. The zero-order chi connectivity index (χ0) is 15.5. The number of nitrogens with zero attached hydrogens (tertiary/aromatic N) is 3. The smallest absolute Gasteiger partial charge is 0.293 e. The second-order valence-corrected chi connectivity index (χ2v) is 6.77. The van der Waals surface area contributed by atoms with E-state index in [4.69, 9.17) is 0 Å². The van der Waals surface area contributed by atoms with Gasteiger partial charge in [0.1, 0.15) is 5.82 Å². The maximum Gasteiger partial charge on any atom is 0.293 e. The molecule has 1 aliphatic rings. The number of amides is 1. The third kappa shape index (κ3) is 3.81. The van der Waals surface area contributed by atoms with Crippen LogP contribution in [0.4, 0.5) is 0 Å². The Balaban J connectivity index is 2.15. The van der Waals surface area contributed by atoms with E-state index in [1.54, 1.807) is 4.90 Å². The van der Waals surface area contributed by atoms with Gasteiger partial charge < -0.3 is 10.0 Å². The second-order valence-electron chi connectivity index (χ2n) is 6.77. The number of nitrogens with one attached hydrogen (secondary N) is 1. The van der Waals surface area contributed by atoms with Crippen molar-refractivity contribution >= 4 is 5.91 Å². The van der Waals surface area contributed by atoms with Crippen LogP contribution in [0.15, 0.2) is 0 Å². The van der Waals surface area contributed by atoms with Crippen molar-refractivity contribution in [2.75, 3.05) is 13.2 Å². The molecule has 2 rings (SSSR count). The minimum absolute atomic E-state index is 0.0290. The summed E-state index contributed by atoms with van der Waals surface area (Å²) in [6, 6.07) is 0.204. The van der Waals surface area contributed by atoms with Gasteiger partial charge in [-0.15, -0.1) is 5.10 Å². The van der Waals surface area contributed by atoms with E-state index in [1.807, 2.05) is 20.8 Å². The molecule has 0 spiro atoms. The van der Waals surface area contributed by atoms with Gasteiger partial charge in [-0.05, 0) is 12.8 Å². The lowest BCUT2D eigenvalue weighted by Gasteiger charge is -2.33. The van der Waals surface area contributed by atoms with Gasteiger partial charge in [-0.2, -0.15) is 0 Å². The lowest BCUT2D eigenvalue weighted by molar-refractivity contribution is 0.0573. The first-order valence-corrected chi connectivity index (χ1v) is 7.78. The molecule has 1 heterocycles. The maximum absolute atomic E-state index is 12.6. The number of aromatic nitrogens is 3.